The molecule has 0 aliphatic heterocycles. The highest BCUT2D eigenvalue weighted by Crippen LogP contribution is 2.17. The Morgan fingerprint density at radius 3 is 1.85 bits per heavy atom. The SMILES string of the molecule is CC(C)=CCC/C(C)=C/CC(/C=C(\C)CCC=C(C)C)OC(=O)c1ccc(S(C)(=O)=O)cc1. The summed E-state index contributed by atoms with van der Waals surface area (Å²) in [4.78, 5) is 12.9. The molecule has 0 fully saturated rings. The number of sulfone groups is 1. The third-order valence-corrected chi connectivity index (χ3v) is 6.26. The summed E-state index contributed by atoms with van der Waals surface area (Å²) in [7, 11) is -3.31. The van der Waals surface area contributed by atoms with E-state index in [9.17, 15) is 13.2 Å². The Balaban J connectivity index is 2.97. The van der Waals surface area contributed by atoms with Crippen LogP contribution in [0.25, 0.3) is 0 Å². The quantitative estimate of drug-likeness (QED) is 0.235. The van der Waals surface area contributed by atoms with Gasteiger partial charge in [-0.2, -0.15) is 0 Å². The zero-order chi connectivity index (χ0) is 25.0. The van der Waals surface area contributed by atoms with E-state index in [0.717, 1.165) is 31.9 Å². The van der Waals surface area contributed by atoms with Crippen LogP contribution >= 0.6 is 0 Å². The molecule has 0 N–H and O–H groups in total. The molecule has 0 spiro atoms. The van der Waals surface area contributed by atoms with Gasteiger partial charge in [0.05, 0.1) is 10.5 Å². The lowest BCUT2D eigenvalue weighted by Gasteiger charge is -2.15. The second-order valence-electron chi connectivity index (χ2n) is 9.18. The molecule has 1 aromatic carbocycles. The van der Waals surface area contributed by atoms with E-state index >= 15 is 0 Å². The first kappa shape index (κ1) is 28.6. The molecule has 0 saturated carbocycles. The van der Waals surface area contributed by atoms with Crippen LogP contribution in [0.4, 0.5) is 0 Å². The number of carbonyl (C=O) groups excluding carboxylic acids is 1. The van der Waals surface area contributed by atoms with Gasteiger partial charge >= 0.3 is 5.97 Å². The number of ether oxygens (including phenoxy) is 1. The average molecular weight is 473 g/mol. The predicted molar refractivity (Wildman–Crippen MR) is 138 cm³/mol. The predicted octanol–water partition coefficient (Wildman–Crippen LogP) is 7.39. The first-order chi connectivity index (χ1) is 15.4. The van der Waals surface area contributed by atoms with Crippen LogP contribution in [0.5, 0.6) is 0 Å². The Morgan fingerprint density at radius 2 is 1.36 bits per heavy atom. The zero-order valence-corrected chi connectivity index (χ0v) is 22.1. The van der Waals surface area contributed by atoms with E-state index in [1.807, 2.05) is 6.08 Å². The molecule has 0 amide bonds. The van der Waals surface area contributed by atoms with Crippen molar-refractivity contribution in [2.75, 3.05) is 6.26 Å². The molecule has 0 aliphatic carbocycles. The molecule has 5 heteroatoms. The average Bonchev–Trinajstić information content (AvgIpc) is 2.70. The Kier molecular flexibility index (Phi) is 12.1. The Morgan fingerprint density at radius 1 is 0.848 bits per heavy atom. The van der Waals surface area contributed by atoms with Gasteiger partial charge in [0, 0.05) is 12.7 Å². The molecule has 0 bridgehead atoms. The summed E-state index contributed by atoms with van der Waals surface area (Å²) >= 11 is 0. The summed E-state index contributed by atoms with van der Waals surface area (Å²) in [6, 6.07) is 5.88. The molecule has 1 aromatic rings. The highest BCUT2D eigenvalue weighted by molar-refractivity contribution is 7.90. The molecule has 1 rings (SSSR count). The number of allylic oxidation sites excluding steroid dienone is 6. The molecule has 182 valence electrons. The molecule has 0 radical (unpaired) electrons. The van der Waals surface area contributed by atoms with Gasteiger partial charge in [-0.1, -0.05) is 40.5 Å². The molecular formula is C28H40O4S. The van der Waals surface area contributed by atoms with Crippen molar-refractivity contribution in [3.8, 4) is 0 Å². The molecule has 1 atom stereocenters. The van der Waals surface area contributed by atoms with E-state index in [2.05, 4.69) is 59.8 Å². The van der Waals surface area contributed by atoms with Crippen molar-refractivity contribution in [2.45, 2.75) is 84.6 Å². The van der Waals surface area contributed by atoms with Gasteiger partial charge < -0.3 is 4.74 Å². The van der Waals surface area contributed by atoms with E-state index in [-0.39, 0.29) is 11.0 Å². The third-order valence-electron chi connectivity index (χ3n) is 5.13. The fourth-order valence-electron chi connectivity index (χ4n) is 3.19. The van der Waals surface area contributed by atoms with Gasteiger partial charge in [0.2, 0.25) is 0 Å². The van der Waals surface area contributed by atoms with Crippen molar-refractivity contribution in [3.05, 3.63) is 76.4 Å². The molecule has 0 saturated heterocycles. The third kappa shape index (κ3) is 12.4. The second kappa shape index (κ2) is 14.0. The fourth-order valence-corrected chi connectivity index (χ4v) is 3.82. The van der Waals surface area contributed by atoms with E-state index in [0.29, 0.717) is 12.0 Å². The molecule has 4 nitrogen and oxygen atoms in total. The summed E-state index contributed by atoms with van der Waals surface area (Å²) in [6.07, 6.45) is 13.8. The van der Waals surface area contributed by atoms with Crippen molar-refractivity contribution in [1.29, 1.82) is 0 Å². The number of hydrogen-bond acceptors (Lipinski definition) is 4. The van der Waals surface area contributed by atoms with Crippen molar-refractivity contribution in [3.63, 3.8) is 0 Å². The fraction of sp³-hybridized carbons (Fsp3) is 0.464. The smallest absolute Gasteiger partial charge is 0.338 e. The minimum Gasteiger partial charge on any atom is -0.454 e. The molecule has 0 aromatic heterocycles. The summed E-state index contributed by atoms with van der Waals surface area (Å²) in [6.45, 7) is 12.5. The van der Waals surface area contributed by atoms with Gasteiger partial charge in [-0.05, 0) is 97.6 Å². The van der Waals surface area contributed by atoms with E-state index in [4.69, 9.17) is 4.74 Å². The van der Waals surface area contributed by atoms with E-state index < -0.39 is 15.8 Å². The van der Waals surface area contributed by atoms with Crippen LogP contribution < -0.4 is 0 Å². The largest absolute Gasteiger partial charge is 0.454 e. The van der Waals surface area contributed by atoms with Crippen LogP contribution in [-0.4, -0.2) is 26.7 Å². The van der Waals surface area contributed by atoms with E-state index in [1.165, 1.54) is 46.6 Å². The van der Waals surface area contributed by atoms with Gasteiger partial charge in [-0.15, -0.1) is 0 Å². The molecule has 1 unspecified atom stereocenters. The zero-order valence-electron chi connectivity index (χ0n) is 21.3. The maximum absolute atomic E-state index is 12.8. The molecular weight excluding hydrogens is 432 g/mol. The minimum atomic E-state index is -3.31. The van der Waals surface area contributed by atoms with Crippen LogP contribution in [0.1, 0.15) is 84.0 Å². The van der Waals surface area contributed by atoms with Gasteiger partial charge in [0.25, 0.3) is 0 Å². The lowest BCUT2D eigenvalue weighted by atomic mass is 10.0. The van der Waals surface area contributed by atoms with Crippen molar-refractivity contribution < 1.29 is 17.9 Å². The summed E-state index contributed by atoms with van der Waals surface area (Å²) < 4.78 is 29.1. The Bertz CT molecular complexity index is 998. The summed E-state index contributed by atoms with van der Waals surface area (Å²) in [5.74, 6) is -0.455. The number of esters is 1. The van der Waals surface area contributed by atoms with Crippen molar-refractivity contribution in [2.24, 2.45) is 0 Å². The van der Waals surface area contributed by atoms with Gasteiger partial charge in [0.1, 0.15) is 6.10 Å². The Hall–Kier alpha value is -2.40. The van der Waals surface area contributed by atoms with E-state index in [1.54, 1.807) is 0 Å². The summed E-state index contributed by atoms with van der Waals surface area (Å²) in [5.41, 5.74) is 5.38. The van der Waals surface area contributed by atoms with Gasteiger partial charge in [-0.3, -0.25) is 0 Å². The maximum atomic E-state index is 12.8. The van der Waals surface area contributed by atoms with Crippen molar-refractivity contribution in [1.82, 2.24) is 0 Å². The van der Waals surface area contributed by atoms with Crippen LogP contribution in [-0.2, 0) is 14.6 Å². The topological polar surface area (TPSA) is 60.4 Å². The normalized spacial score (nSPS) is 13.3. The lowest BCUT2D eigenvalue weighted by molar-refractivity contribution is 0.0398. The van der Waals surface area contributed by atoms with Crippen LogP contribution in [0.3, 0.4) is 0 Å². The summed E-state index contributed by atoms with van der Waals surface area (Å²) in [5, 5.41) is 0. The monoisotopic (exact) mass is 472 g/mol. The lowest BCUT2D eigenvalue weighted by Crippen LogP contribution is -2.16. The number of rotatable bonds is 12. The first-order valence-electron chi connectivity index (χ1n) is 11.5. The maximum Gasteiger partial charge on any atom is 0.338 e. The van der Waals surface area contributed by atoms with Crippen molar-refractivity contribution >= 4 is 15.8 Å². The standard InChI is InChI=1S/C28H40O4S/c1-21(2)10-8-12-23(5)14-17-26(20-24(6)13-9-11-22(3)4)32-28(29)25-15-18-27(19-16-25)33(7,30)31/h10-11,14-16,18-20,26H,8-9,12-13,17H2,1-7H3/b23-14+,24-20+. The number of benzene rings is 1. The van der Waals surface area contributed by atoms with Crippen LogP contribution in [0.2, 0.25) is 0 Å². The first-order valence-corrected chi connectivity index (χ1v) is 13.4. The molecule has 0 heterocycles. The minimum absolute atomic E-state index is 0.181. The van der Waals surface area contributed by atoms with Crippen LogP contribution in [0.15, 0.2) is 75.8 Å². The highest BCUT2D eigenvalue weighted by atomic mass is 32.2. The number of hydrogen-bond donors (Lipinski definition) is 0. The molecule has 33 heavy (non-hydrogen) atoms. The Labute approximate surface area is 201 Å². The van der Waals surface area contributed by atoms with Gasteiger partial charge in [-0.25, -0.2) is 13.2 Å². The van der Waals surface area contributed by atoms with Crippen LogP contribution in [0, 0.1) is 0 Å². The van der Waals surface area contributed by atoms with Gasteiger partial charge in [0.15, 0.2) is 9.84 Å². The highest BCUT2D eigenvalue weighted by Gasteiger charge is 2.15. The molecule has 0 aliphatic rings. The second-order valence-corrected chi connectivity index (χ2v) is 11.2. The number of carbonyl (C=O) groups is 1.